The second-order valence-corrected chi connectivity index (χ2v) is 6.94. The number of anilines is 1. The molecule has 4 heteroatoms. The number of nitrogens with one attached hydrogen (secondary N) is 1. The Kier molecular flexibility index (Phi) is 8.56. The zero-order valence-corrected chi connectivity index (χ0v) is 16.0. The second-order valence-electron chi connectivity index (χ2n) is 6.94. The van der Waals surface area contributed by atoms with Crippen LogP contribution in [0.1, 0.15) is 67.8 Å². The highest BCUT2D eigenvalue weighted by molar-refractivity contribution is 5.99. The normalized spacial score (nSPS) is 10.6. The quantitative estimate of drug-likeness (QED) is 0.313. The van der Waals surface area contributed by atoms with Crippen LogP contribution in [0, 0.1) is 0 Å². The standard InChI is InChI=1S/C23H29NO3/c1-18(25)21-17-20(15-16-22(21)26)24-23(27)14-10-5-3-2-4-7-11-19-12-8-6-9-13-19/h6,8-9,12-13,15-17,26H,2-5,7,10-11,14H2,1H3,(H,24,27). The minimum atomic E-state index is -0.226. The molecule has 2 aromatic rings. The molecular weight excluding hydrogens is 338 g/mol. The number of unbranched alkanes of at least 4 members (excludes halogenated alkanes) is 5. The van der Waals surface area contributed by atoms with Crippen molar-refractivity contribution in [2.75, 3.05) is 5.32 Å². The molecule has 0 atom stereocenters. The fourth-order valence-corrected chi connectivity index (χ4v) is 3.09. The summed E-state index contributed by atoms with van der Waals surface area (Å²) in [5.41, 5.74) is 2.17. The summed E-state index contributed by atoms with van der Waals surface area (Å²) in [5, 5.41) is 12.4. The number of benzene rings is 2. The monoisotopic (exact) mass is 367 g/mol. The van der Waals surface area contributed by atoms with Crippen LogP contribution < -0.4 is 5.32 Å². The molecule has 144 valence electrons. The Bertz CT molecular complexity index is 741. The summed E-state index contributed by atoms with van der Waals surface area (Å²) < 4.78 is 0. The van der Waals surface area contributed by atoms with Gasteiger partial charge >= 0.3 is 0 Å². The minimum Gasteiger partial charge on any atom is -0.507 e. The van der Waals surface area contributed by atoms with E-state index in [0.717, 1.165) is 25.7 Å². The third-order valence-corrected chi connectivity index (χ3v) is 4.62. The number of aryl methyl sites for hydroxylation is 1. The summed E-state index contributed by atoms with van der Waals surface area (Å²) in [6, 6.07) is 15.1. The lowest BCUT2D eigenvalue weighted by atomic mass is 10.0. The minimum absolute atomic E-state index is 0.0562. The van der Waals surface area contributed by atoms with E-state index in [0.29, 0.717) is 12.1 Å². The van der Waals surface area contributed by atoms with E-state index < -0.39 is 0 Å². The zero-order chi connectivity index (χ0) is 19.5. The van der Waals surface area contributed by atoms with Gasteiger partial charge in [0.1, 0.15) is 5.75 Å². The largest absolute Gasteiger partial charge is 0.507 e. The van der Waals surface area contributed by atoms with Crippen LogP contribution in [0.25, 0.3) is 0 Å². The Hall–Kier alpha value is -2.62. The molecule has 2 rings (SSSR count). The SMILES string of the molecule is CC(=O)c1cc(NC(=O)CCCCCCCCc2ccccc2)ccc1O. The molecule has 0 aliphatic carbocycles. The zero-order valence-electron chi connectivity index (χ0n) is 16.0. The second kappa shape index (κ2) is 11.2. The third-order valence-electron chi connectivity index (χ3n) is 4.62. The molecule has 0 radical (unpaired) electrons. The van der Waals surface area contributed by atoms with Crippen molar-refractivity contribution in [3.05, 3.63) is 59.7 Å². The summed E-state index contributed by atoms with van der Waals surface area (Å²) in [7, 11) is 0. The first kappa shape index (κ1) is 20.7. The topological polar surface area (TPSA) is 66.4 Å². The Balaban J connectivity index is 1.56. The van der Waals surface area contributed by atoms with E-state index in [2.05, 4.69) is 29.6 Å². The van der Waals surface area contributed by atoms with Crippen LogP contribution in [0.2, 0.25) is 0 Å². The maximum Gasteiger partial charge on any atom is 0.224 e. The molecule has 0 fully saturated rings. The number of carbonyl (C=O) groups is 2. The molecule has 0 heterocycles. The van der Waals surface area contributed by atoms with E-state index in [-0.39, 0.29) is 23.0 Å². The van der Waals surface area contributed by atoms with E-state index in [1.807, 2.05) is 6.07 Å². The maximum atomic E-state index is 12.0. The Morgan fingerprint density at radius 1 is 0.889 bits per heavy atom. The van der Waals surface area contributed by atoms with E-state index >= 15 is 0 Å². The molecule has 0 aliphatic rings. The molecule has 0 aromatic heterocycles. The van der Waals surface area contributed by atoms with Crippen molar-refractivity contribution in [2.24, 2.45) is 0 Å². The molecule has 0 unspecified atom stereocenters. The number of ketones is 1. The Labute approximate surface area is 161 Å². The molecule has 0 bridgehead atoms. The summed E-state index contributed by atoms with van der Waals surface area (Å²) in [6.07, 6.45) is 8.31. The smallest absolute Gasteiger partial charge is 0.224 e. The lowest BCUT2D eigenvalue weighted by molar-refractivity contribution is -0.116. The van der Waals surface area contributed by atoms with Crippen molar-refractivity contribution >= 4 is 17.4 Å². The molecule has 4 nitrogen and oxygen atoms in total. The van der Waals surface area contributed by atoms with Crippen LogP contribution in [0.3, 0.4) is 0 Å². The summed E-state index contributed by atoms with van der Waals surface area (Å²) in [6.45, 7) is 1.39. The van der Waals surface area contributed by atoms with Crippen LogP contribution in [0.5, 0.6) is 5.75 Å². The molecule has 2 aromatic carbocycles. The highest BCUT2D eigenvalue weighted by atomic mass is 16.3. The van der Waals surface area contributed by atoms with Gasteiger partial charge in [0.25, 0.3) is 0 Å². The van der Waals surface area contributed by atoms with Crippen molar-refractivity contribution in [3.63, 3.8) is 0 Å². The van der Waals surface area contributed by atoms with E-state index in [1.54, 1.807) is 6.07 Å². The molecule has 1 amide bonds. The van der Waals surface area contributed by atoms with Gasteiger partial charge in [0.2, 0.25) is 5.91 Å². The number of Topliss-reactive ketones (excluding diaryl/α,β-unsaturated/α-hetero) is 1. The van der Waals surface area contributed by atoms with Crippen molar-refractivity contribution in [1.29, 1.82) is 0 Å². The Morgan fingerprint density at radius 3 is 2.26 bits per heavy atom. The van der Waals surface area contributed by atoms with Crippen molar-refractivity contribution in [2.45, 2.75) is 58.3 Å². The van der Waals surface area contributed by atoms with Crippen LogP contribution in [0.4, 0.5) is 5.69 Å². The number of hydrogen-bond donors (Lipinski definition) is 2. The van der Waals surface area contributed by atoms with Gasteiger partial charge in [-0.15, -0.1) is 0 Å². The maximum absolute atomic E-state index is 12.0. The molecule has 0 saturated heterocycles. The molecule has 0 saturated carbocycles. The van der Waals surface area contributed by atoms with Gasteiger partial charge in [-0.1, -0.05) is 56.0 Å². The number of carbonyl (C=O) groups excluding carboxylic acids is 2. The summed E-state index contributed by atoms with van der Waals surface area (Å²) >= 11 is 0. The van der Waals surface area contributed by atoms with Gasteiger partial charge < -0.3 is 10.4 Å². The average Bonchev–Trinajstić information content (AvgIpc) is 2.66. The summed E-state index contributed by atoms with van der Waals surface area (Å²) in [4.78, 5) is 23.4. The molecule has 2 N–H and O–H groups in total. The van der Waals surface area contributed by atoms with Gasteiger partial charge in [-0.2, -0.15) is 0 Å². The van der Waals surface area contributed by atoms with E-state index in [1.165, 1.54) is 43.9 Å². The lowest BCUT2D eigenvalue weighted by Gasteiger charge is -2.08. The van der Waals surface area contributed by atoms with Crippen LogP contribution in [-0.2, 0) is 11.2 Å². The van der Waals surface area contributed by atoms with E-state index in [9.17, 15) is 14.7 Å². The van der Waals surface area contributed by atoms with Crippen LogP contribution in [0.15, 0.2) is 48.5 Å². The number of hydrogen-bond acceptors (Lipinski definition) is 3. The van der Waals surface area contributed by atoms with Gasteiger partial charge in [0.05, 0.1) is 5.56 Å². The van der Waals surface area contributed by atoms with Gasteiger partial charge in [-0.25, -0.2) is 0 Å². The van der Waals surface area contributed by atoms with Gasteiger partial charge in [0.15, 0.2) is 5.78 Å². The fourth-order valence-electron chi connectivity index (χ4n) is 3.09. The highest BCUT2D eigenvalue weighted by Gasteiger charge is 2.09. The average molecular weight is 367 g/mol. The van der Waals surface area contributed by atoms with Gasteiger partial charge in [-0.3, -0.25) is 9.59 Å². The van der Waals surface area contributed by atoms with Crippen LogP contribution in [-0.4, -0.2) is 16.8 Å². The predicted molar refractivity (Wildman–Crippen MR) is 109 cm³/mol. The molecular formula is C23H29NO3. The van der Waals surface area contributed by atoms with E-state index in [4.69, 9.17) is 0 Å². The lowest BCUT2D eigenvalue weighted by Crippen LogP contribution is -2.11. The molecule has 0 spiro atoms. The third kappa shape index (κ3) is 7.65. The first-order valence-corrected chi connectivity index (χ1v) is 9.74. The fraction of sp³-hybridized carbons (Fsp3) is 0.391. The van der Waals surface area contributed by atoms with Crippen LogP contribution >= 0.6 is 0 Å². The molecule has 27 heavy (non-hydrogen) atoms. The van der Waals surface area contributed by atoms with Gasteiger partial charge in [0, 0.05) is 12.1 Å². The number of phenols is 1. The molecule has 0 aliphatic heterocycles. The first-order chi connectivity index (χ1) is 13.1. The number of rotatable bonds is 11. The van der Waals surface area contributed by atoms with Crippen molar-refractivity contribution < 1.29 is 14.7 Å². The van der Waals surface area contributed by atoms with Gasteiger partial charge in [-0.05, 0) is 49.9 Å². The number of phenolic OH excluding ortho intramolecular Hbond substituents is 1. The predicted octanol–water partition coefficient (Wildman–Crippen LogP) is 5.51. The van der Waals surface area contributed by atoms with Crippen molar-refractivity contribution in [3.8, 4) is 5.75 Å². The summed E-state index contributed by atoms with van der Waals surface area (Å²) in [5.74, 6) is -0.345. The Morgan fingerprint density at radius 2 is 1.56 bits per heavy atom. The van der Waals surface area contributed by atoms with Crippen molar-refractivity contribution in [1.82, 2.24) is 0 Å². The first-order valence-electron chi connectivity index (χ1n) is 9.74. The number of amides is 1. The number of aromatic hydroxyl groups is 1. The highest BCUT2D eigenvalue weighted by Crippen LogP contribution is 2.22.